The third-order valence-electron chi connectivity index (χ3n) is 5.45. The highest BCUT2D eigenvalue weighted by atomic mass is 19.4. The third-order valence-corrected chi connectivity index (χ3v) is 5.45. The van der Waals surface area contributed by atoms with E-state index in [2.05, 4.69) is 5.32 Å². The Bertz CT molecular complexity index is 1050. The molecule has 0 aromatic heterocycles. The highest BCUT2D eigenvalue weighted by molar-refractivity contribution is 5.95. The van der Waals surface area contributed by atoms with Gasteiger partial charge in [0.15, 0.2) is 5.78 Å². The monoisotopic (exact) mass is 469 g/mol. The summed E-state index contributed by atoms with van der Waals surface area (Å²) in [6.45, 7) is 1.74. The largest absolute Gasteiger partial charge is 0.416 e. The van der Waals surface area contributed by atoms with E-state index in [4.69, 9.17) is 0 Å². The van der Waals surface area contributed by atoms with Crippen molar-refractivity contribution < 1.29 is 35.9 Å². The number of carbonyl (C=O) groups excluding carboxylic acids is 2. The number of rotatable bonds is 5. The van der Waals surface area contributed by atoms with E-state index in [-0.39, 0.29) is 11.8 Å². The second-order valence-electron chi connectivity index (χ2n) is 7.82. The molecule has 0 aliphatic heterocycles. The van der Waals surface area contributed by atoms with Gasteiger partial charge in [-0.25, -0.2) is 0 Å². The summed E-state index contributed by atoms with van der Waals surface area (Å²) in [7, 11) is 0. The first kappa shape index (κ1) is 24.5. The minimum atomic E-state index is -5.03. The molecule has 0 fully saturated rings. The Kier molecular flexibility index (Phi) is 7.00. The standard InChI is InChI=1S/C24H21F6NO2/c1-2-19(32)8-6-14-7-9-20-15(10-14)4-3-5-21(20)31-22(33)16-11-17(23(25,26)27)13-18(12-16)24(28,29)30/h6-13,21H,2-5H2,1H3,(H,31,33)/b8-6+. The fraction of sp³-hybridized carbons (Fsp3) is 0.333. The summed E-state index contributed by atoms with van der Waals surface area (Å²) in [6, 6.07) is 5.64. The number of nitrogens with one attached hydrogen (secondary N) is 1. The molecule has 1 atom stereocenters. The van der Waals surface area contributed by atoms with Gasteiger partial charge in [0, 0.05) is 12.0 Å². The maximum absolute atomic E-state index is 13.1. The minimum Gasteiger partial charge on any atom is -0.345 e. The summed E-state index contributed by atoms with van der Waals surface area (Å²) in [5.74, 6) is -1.04. The lowest BCUT2D eigenvalue weighted by Crippen LogP contribution is -2.31. The minimum absolute atomic E-state index is 0.00891. The van der Waals surface area contributed by atoms with Crippen LogP contribution in [0.25, 0.3) is 6.08 Å². The molecule has 176 valence electrons. The van der Waals surface area contributed by atoms with Crippen molar-refractivity contribution in [3.63, 3.8) is 0 Å². The fourth-order valence-electron chi connectivity index (χ4n) is 3.72. The molecule has 2 aromatic carbocycles. The van der Waals surface area contributed by atoms with Gasteiger partial charge in [0.2, 0.25) is 0 Å². The van der Waals surface area contributed by atoms with E-state index < -0.39 is 41.0 Å². The quantitative estimate of drug-likeness (QED) is 0.400. The number of benzene rings is 2. The van der Waals surface area contributed by atoms with Gasteiger partial charge in [-0.1, -0.05) is 31.2 Å². The molecular weight excluding hydrogens is 448 g/mol. The van der Waals surface area contributed by atoms with Gasteiger partial charge in [-0.15, -0.1) is 0 Å². The highest BCUT2D eigenvalue weighted by Gasteiger charge is 2.37. The van der Waals surface area contributed by atoms with Crippen molar-refractivity contribution in [3.05, 3.63) is 75.9 Å². The van der Waals surface area contributed by atoms with Gasteiger partial charge in [0.25, 0.3) is 5.91 Å². The number of alkyl halides is 6. The van der Waals surface area contributed by atoms with Crippen molar-refractivity contribution in [2.45, 2.75) is 51.0 Å². The molecule has 0 saturated heterocycles. The number of hydrogen-bond donors (Lipinski definition) is 1. The van der Waals surface area contributed by atoms with E-state index >= 15 is 0 Å². The summed E-state index contributed by atoms with van der Waals surface area (Å²) in [4.78, 5) is 24.1. The first-order chi connectivity index (χ1) is 15.4. The average molecular weight is 469 g/mol. The summed E-state index contributed by atoms with van der Waals surface area (Å²) in [6.07, 6.45) is -4.67. The average Bonchev–Trinajstić information content (AvgIpc) is 2.75. The zero-order chi connectivity index (χ0) is 24.4. The predicted octanol–water partition coefficient (Wildman–Crippen LogP) is 6.52. The lowest BCUT2D eigenvalue weighted by Gasteiger charge is -2.27. The molecule has 3 nitrogen and oxygen atoms in total. The van der Waals surface area contributed by atoms with E-state index in [0.717, 1.165) is 16.7 Å². The third kappa shape index (κ3) is 6.03. The van der Waals surface area contributed by atoms with Crippen molar-refractivity contribution in [2.24, 2.45) is 0 Å². The summed E-state index contributed by atoms with van der Waals surface area (Å²) in [5.41, 5.74) is -1.35. The first-order valence-corrected chi connectivity index (χ1v) is 10.3. The molecule has 1 N–H and O–H groups in total. The van der Waals surface area contributed by atoms with E-state index in [1.54, 1.807) is 25.1 Å². The zero-order valence-electron chi connectivity index (χ0n) is 17.6. The molecule has 1 aliphatic rings. The second kappa shape index (κ2) is 9.41. The number of hydrogen-bond acceptors (Lipinski definition) is 2. The number of amides is 1. The molecule has 1 unspecified atom stereocenters. The second-order valence-corrected chi connectivity index (χ2v) is 7.82. The number of carbonyl (C=O) groups is 2. The van der Waals surface area contributed by atoms with Gasteiger partial charge >= 0.3 is 12.4 Å². The van der Waals surface area contributed by atoms with Gasteiger partial charge < -0.3 is 5.32 Å². The predicted molar refractivity (Wildman–Crippen MR) is 110 cm³/mol. The van der Waals surface area contributed by atoms with Crippen molar-refractivity contribution >= 4 is 17.8 Å². The molecule has 3 rings (SSSR count). The van der Waals surface area contributed by atoms with Crippen LogP contribution < -0.4 is 5.32 Å². The van der Waals surface area contributed by atoms with Crippen LogP contribution in [0, 0.1) is 0 Å². The lowest BCUT2D eigenvalue weighted by molar-refractivity contribution is -0.143. The van der Waals surface area contributed by atoms with Crippen LogP contribution in [-0.4, -0.2) is 11.7 Å². The molecular formula is C24H21F6NO2. The highest BCUT2D eigenvalue weighted by Crippen LogP contribution is 2.37. The molecule has 1 amide bonds. The summed E-state index contributed by atoms with van der Waals surface area (Å²) >= 11 is 0. The van der Waals surface area contributed by atoms with Crippen LogP contribution in [0.2, 0.25) is 0 Å². The van der Waals surface area contributed by atoms with Gasteiger partial charge in [-0.3, -0.25) is 9.59 Å². The fourth-order valence-corrected chi connectivity index (χ4v) is 3.72. The Morgan fingerprint density at radius 2 is 1.64 bits per heavy atom. The van der Waals surface area contributed by atoms with Crippen molar-refractivity contribution in [1.82, 2.24) is 5.32 Å². The van der Waals surface area contributed by atoms with Crippen molar-refractivity contribution in [2.75, 3.05) is 0 Å². The maximum atomic E-state index is 13.1. The van der Waals surface area contributed by atoms with Gasteiger partial charge in [-0.2, -0.15) is 26.3 Å². The van der Waals surface area contributed by atoms with E-state index in [1.165, 1.54) is 6.08 Å². The molecule has 1 aliphatic carbocycles. The number of fused-ring (bicyclic) bond motifs is 1. The molecule has 0 spiro atoms. The number of halogens is 6. The van der Waals surface area contributed by atoms with E-state index in [0.29, 0.717) is 37.8 Å². The van der Waals surface area contributed by atoms with Crippen LogP contribution in [0.3, 0.4) is 0 Å². The molecule has 2 aromatic rings. The molecule has 9 heteroatoms. The van der Waals surface area contributed by atoms with Crippen LogP contribution in [0.4, 0.5) is 26.3 Å². The molecule has 0 saturated carbocycles. The molecule has 0 radical (unpaired) electrons. The Labute approximate surface area is 186 Å². The van der Waals surface area contributed by atoms with E-state index in [9.17, 15) is 35.9 Å². The van der Waals surface area contributed by atoms with Crippen LogP contribution in [0.1, 0.15) is 70.4 Å². The van der Waals surface area contributed by atoms with E-state index in [1.807, 2.05) is 6.07 Å². The normalized spacial score (nSPS) is 16.5. The Morgan fingerprint density at radius 1 is 1.00 bits per heavy atom. The Hall–Kier alpha value is -3.10. The topological polar surface area (TPSA) is 46.2 Å². The van der Waals surface area contributed by atoms with Gasteiger partial charge in [0.05, 0.1) is 17.2 Å². The molecule has 0 bridgehead atoms. The van der Waals surface area contributed by atoms with Crippen LogP contribution in [0.15, 0.2) is 42.5 Å². The van der Waals surface area contributed by atoms with Crippen LogP contribution in [0.5, 0.6) is 0 Å². The maximum Gasteiger partial charge on any atom is 0.416 e. The van der Waals surface area contributed by atoms with Crippen molar-refractivity contribution in [3.8, 4) is 0 Å². The lowest BCUT2D eigenvalue weighted by atomic mass is 9.86. The molecule has 33 heavy (non-hydrogen) atoms. The molecule has 0 heterocycles. The van der Waals surface area contributed by atoms with Crippen LogP contribution >= 0.6 is 0 Å². The SMILES string of the molecule is CCC(=O)/C=C/c1ccc2c(c1)CCCC2NC(=O)c1cc(C(F)(F)F)cc(C(F)(F)F)c1. The zero-order valence-corrected chi connectivity index (χ0v) is 17.6. The number of ketones is 1. The van der Waals surface area contributed by atoms with Crippen molar-refractivity contribution in [1.29, 1.82) is 0 Å². The number of allylic oxidation sites excluding steroid dienone is 1. The smallest absolute Gasteiger partial charge is 0.345 e. The number of aryl methyl sites for hydroxylation is 1. The first-order valence-electron chi connectivity index (χ1n) is 10.3. The van der Waals surface area contributed by atoms with Gasteiger partial charge in [-0.05, 0) is 60.2 Å². The Morgan fingerprint density at radius 3 is 2.21 bits per heavy atom. The Balaban J connectivity index is 1.87. The van der Waals surface area contributed by atoms with Crippen LogP contribution in [-0.2, 0) is 23.6 Å². The summed E-state index contributed by atoms with van der Waals surface area (Å²) < 4.78 is 78.6. The van der Waals surface area contributed by atoms with Gasteiger partial charge in [0.1, 0.15) is 0 Å². The summed E-state index contributed by atoms with van der Waals surface area (Å²) in [5, 5.41) is 2.58.